The third kappa shape index (κ3) is 5.80. The minimum Gasteiger partial charge on any atom is -0.493 e. The zero-order valence-corrected chi connectivity index (χ0v) is 21.1. The second kappa shape index (κ2) is 11.2. The number of para-hydroxylation sites is 1. The van der Waals surface area contributed by atoms with Crippen molar-refractivity contribution in [2.24, 2.45) is 0 Å². The highest BCUT2D eigenvalue weighted by molar-refractivity contribution is 7.99. The smallest absolute Gasteiger partial charge is 0.244 e. The number of anilines is 3. The van der Waals surface area contributed by atoms with Crippen LogP contribution < -0.4 is 25.0 Å². The Morgan fingerprint density at radius 3 is 2.39 bits per heavy atom. The highest BCUT2D eigenvalue weighted by atomic mass is 32.2. The molecule has 0 spiro atoms. The molecule has 1 aliphatic heterocycles. The molecule has 0 aromatic heterocycles. The van der Waals surface area contributed by atoms with Gasteiger partial charge in [0.15, 0.2) is 11.5 Å². The number of thioether (sulfide) groups is 1. The van der Waals surface area contributed by atoms with E-state index in [-0.39, 0.29) is 35.9 Å². The van der Waals surface area contributed by atoms with E-state index in [4.69, 9.17) is 9.47 Å². The zero-order chi connectivity index (χ0) is 25.7. The Kier molecular flexibility index (Phi) is 7.80. The summed E-state index contributed by atoms with van der Waals surface area (Å²) in [6.45, 7) is 1.28. The van der Waals surface area contributed by atoms with Gasteiger partial charge in [-0.3, -0.25) is 14.4 Å². The molecule has 3 aromatic carbocycles. The van der Waals surface area contributed by atoms with E-state index in [1.807, 2.05) is 42.5 Å². The number of nitrogens with zero attached hydrogens (tertiary/aromatic N) is 1. The van der Waals surface area contributed by atoms with E-state index >= 15 is 0 Å². The van der Waals surface area contributed by atoms with Crippen LogP contribution in [0.3, 0.4) is 0 Å². The van der Waals surface area contributed by atoms with Gasteiger partial charge < -0.3 is 25.0 Å². The molecule has 1 atom stereocenters. The van der Waals surface area contributed by atoms with Gasteiger partial charge in [0, 0.05) is 34.9 Å². The summed E-state index contributed by atoms with van der Waals surface area (Å²) in [5.41, 5.74) is 2.73. The summed E-state index contributed by atoms with van der Waals surface area (Å²) in [5.74, 6) is 0.514. The average molecular weight is 506 g/mol. The maximum absolute atomic E-state index is 13.4. The fraction of sp³-hybridized carbons (Fsp3) is 0.222. The Balaban J connectivity index is 1.56. The van der Waals surface area contributed by atoms with Gasteiger partial charge in [-0.1, -0.05) is 24.3 Å². The van der Waals surface area contributed by atoms with Crippen LogP contribution in [0.1, 0.15) is 24.2 Å². The predicted octanol–water partition coefficient (Wildman–Crippen LogP) is 4.87. The molecule has 3 amide bonds. The number of benzene rings is 3. The molecule has 0 bridgehead atoms. The number of carbonyl (C=O) groups excluding carboxylic acids is 3. The van der Waals surface area contributed by atoms with Gasteiger partial charge in [-0.25, -0.2) is 0 Å². The Morgan fingerprint density at radius 1 is 0.944 bits per heavy atom. The molecule has 8 nitrogen and oxygen atoms in total. The second-order valence-electron chi connectivity index (χ2n) is 8.18. The summed E-state index contributed by atoms with van der Waals surface area (Å²) >= 11 is 1.58. The van der Waals surface area contributed by atoms with Crippen molar-refractivity contribution in [3.63, 3.8) is 0 Å². The molecule has 1 heterocycles. The summed E-state index contributed by atoms with van der Waals surface area (Å²) in [7, 11) is 3.16. The van der Waals surface area contributed by atoms with E-state index in [2.05, 4.69) is 10.6 Å². The first-order valence-electron chi connectivity index (χ1n) is 11.3. The summed E-state index contributed by atoms with van der Waals surface area (Å²) in [4.78, 5) is 40.2. The van der Waals surface area contributed by atoms with Crippen molar-refractivity contribution in [2.75, 3.05) is 36.3 Å². The van der Waals surface area contributed by atoms with Gasteiger partial charge in [-0.05, 0) is 48.0 Å². The molecule has 0 saturated heterocycles. The average Bonchev–Trinajstić information content (AvgIpc) is 2.99. The number of methoxy groups -OCH3 is 2. The Hall–Kier alpha value is -3.98. The summed E-state index contributed by atoms with van der Waals surface area (Å²) in [6.07, 6.45) is 0.208. The SMILES string of the molecule is COc1ccc(C2CC(=O)N(CC(=O)Nc3cccc(NC(C)=O)c3)c3ccccc3S2)cc1OC. The topological polar surface area (TPSA) is 97.0 Å². The maximum Gasteiger partial charge on any atom is 0.244 e. The number of rotatable bonds is 7. The minimum absolute atomic E-state index is 0.139. The van der Waals surface area contributed by atoms with Crippen LogP contribution in [-0.4, -0.2) is 38.5 Å². The lowest BCUT2D eigenvalue weighted by atomic mass is 10.1. The zero-order valence-electron chi connectivity index (χ0n) is 20.2. The molecule has 0 aliphatic carbocycles. The Morgan fingerprint density at radius 2 is 1.67 bits per heavy atom. The third-order valence-corrected chi connectivity index (χ3v) is 6.96. The van der Waals surface area contributed by atoms with E-state index in [0.717, 1.165) is 10.5 Å². The van der Waals surface area contributed by atoms with Crippen LogP contribution in [0.2, 0.25) is 0 Å². The first kappa shape index (κ1) is 25.1. The number of hydrogen-bond acceptors (Lipinski definition) is 6. The van der Waals surface area contributed by atoms with Crippen molar-refractivity contribution in [1.82, 2.24) is 0 Å². The Bertz CT molecular complexity index is 1300. The quantitative estimate of drug-likeness (QED) is 0.476. The van der Waals surface area contributed by atoms with Gasteiger partial charge in [-0.15, -0.1) is 11.8 Å². The molecule has 1 aliphatic rings. The molecule has 36 heavy (non-hydrogen) atoms. The lowest BCUT2D eigenvalue weighted by molar-refractivity contribution is -0.121. The van der Waals surface area contributed by atoms with Gasteiger partial charge in [-0.2, -0.15) is 0 Å². The van der Waals surface area contributed by atoms with E-state index in [9.17, 15) is 14.4 Å². The molecular weight excluding hydrogens is 478 g/mol. The standard InChI is InChI=1S/C27H27N3O5S/c1-17(31)28-19-7-6-8-20(14-19)29-26(32)16-30-21-9-4-5-10-24(21)36-25(15-27(30)33)18-11-12-22(34-2)23(13-18)35-3/h4-14,25H,15-16H2,1-3H3,(H,28,31)(H,29,32). The van der Waals surface area contributed by atoms with Crippen molar-refractivity contribution >= 4 is 46.5 Å². The van der Waals surface area contributed by atoms with Gasteiger partial charge in [0.05, 0.1) is 19.9 Å². The number of carbonyl (C=O) groups is 3. The summed E-state index contributed by atoms with van der Waals surface area (Å²) in [5, 5.41) is 5.35. The molecule has 4 rings (SSSR count). The molecule has 3 aromatic rings. The number of hydrogen-bond donors (Lipinski definition) is 2. The van der Waals surface area contributed by atoms with E-state index in [0.29, 0.717) is 28.6 Å². The lowest BCUT2D eigenvalue weighted by Gasteiger charge is -2.22. The van der Waals surface area contributed by atoms with Crippen LogP contribution >= 0.6 is 11.8 Å². The molecule has 1 unspecified atom stereocenters. The Labute approximate surface area is 214 Å². The molecule has 0 fully saturated rings. The van der Waals surface area contributed by atoms with Gasteiger partial charge >= 0.3 is 0 Å². The van der Waals surface area contributed by atoms with E-state index in [1.165, 1.54) is 11.8 Å². The molecule has 2 N–H and O–H groups in total. The predicted molar refractivity (Wildman–Crippen MR) is 141 cm³/mol. The number of ether oxygens (including phenoxy) is 2. The van der Waals surface area contributed by atoms with Crippen LogP contribution in [0.25, 0.3) is 0 Å². The first-order valence-corrected chi connectivity index (χ1v) is 12.2. The van der Waals surface area contributed by atoms with Gasteiger partial charge in [0.1, 0.15) is 6.54 Å². The van der Waals surface area contributed by atoms with Crippen molar-refractivity contribution in [3.8, 4) is 11.5 Å². The van der Waals surface area contributed by atoms with Gasteiger partial charge in [0.2, 0.25) is 17.7 Å². The van der Waals surface area contributed by atoms with Crippen LogP contribution in [0.4, 0.5) is 17.1 Å². The highest BCUT2D eigenvalue weighted by Gasteiger charge is 2.31. The molecule has 0 saturated carbocycles. The molecular formula is C27H27N3O5S. The van der Waals surface area contributed by atoms with Crippen molar-refractivity contribution in [3.05, 3.63) is 72.3 Å². The van der Waals surface area contributed by atoms with Crippen molar-refractivity contribution < 1.29 is 23.9 Å². The van der Waals surface area contributed by atoms with Crippen LogP contribution in [0, 0.1) is 0 Å². The minimum atomic E-state index is -0.340. The largest absolute Gasteiger partial charge is 0.493 e. The highest BCUT2D eigenvalue weighted by Crippen LogP contribution is 2.46. The normalized spacial score (nSPS) is 14.9. The van der Waals surface area contributed by atoms with Crippen LogP contribution in [0.5, 0.6) is 11.5 Å². The lowest BCUT2D eigenvalue weighted by Crippen LogP contribution is -2.38. The number of amides is 3. The molecule has 186 valence electrons. The number of fused-ring (bicyclic) bond motifs is 1. The number of nitrogens with one attached hydrogen (secondary N) is 2. The molecule has 9 heteroatoms. The first-order chi connectivity index (χ1) is 17.4. The van der Waals surface area contributed by atoms with Gasteiger partial charge in [0.25, 0.3) is 0 Å². The third-order valence-electron chi connectivity index (χ3n) is 5.63. The van der Waals surface area contributed by atoms with Crippen molar-refractivity contribution in [1.29, 1.82) is 0 Å². The van der Waals surface area contributed by atoms with E-state index < -0.39 is 0 Å². The van der Waals surface area contributed by atoms with Crippen molar-refractivity contribution in [2.45, 2.75) is 23.5 Å². The van der Waals surface area contributed by atoms with Crippen LogP contribution in [-0.2, 0) is 14.4 Å². The summed E-state index contributed by atoms with van der Waals surface area (Å²) < 4.78 is 10.8. The molecule has 0 radical (unpaired) electrons. The van der Waals surface area contributed by atoms with Crippen LogP contribution in [0.15, 0.2) is 71.6 Å². The fourth-order valence-corrected chi connectivity index (χ4v) is 5.28. The monoisotopic (exact) mass is 505 g/mol. The second-order valence-corrected chi connectivity index (χ2v) is 9.43. The maximum atomic E-state index is 13.4. The fourth-order valence-electron chi connectivity index (χ4n) is 4.01. The van der Waals surface area contributed by atoms with E-state index in [1.54, 1.807) is 50.2 Å². The summed E-state index contributed by atoms with van der Waals surface area (Å²) in [6, 6.07) is 20.1.